The van der Waals surface area contributed by atoms with Crippen LogP contribution in [0.25, 0.3) is 4.96 Å². The van der Waals surface area contributed by atoms with Crippen molar-refractivity contribution in [3.63, 3.8) is 0 Å². The molecule has 0 aromatic carbocycles. The van der Waals surface area contributed by atoms with E-state index in [1.807, 2.05) is 9.12 Å². The van der Waals surface area contributed by atoms with E-state index >= 15 is 0 Å². The van der Waals surface area contributed by atoms with Crippen LogP contribution in [0, 0.1) is 11.3 Å². The molecule has 2 heterocycles. The number of nitrogens with zero attached hydrogens (tertiary/aromatic N) is 2. The number of aromatic nitrogens is 2. The van der Waals surface area contributed by atoms with E-state index in [-0.39, 0.29) is 2.85 Å². The van der Waals surface area contributed by atoms with Gasteiger partial charge >= 0.3 is 6.03 Å². The van der Waals surface area contributed by atoms with Crippen LogP contribution in [0.15, 0.2) is 6.20 Å². The predicted molar refractivity (Wildman–Crippen MR) is 99.3 cm³/mol. The monoisotopic (exact) mass is 374 g/mol. The van der Waals surface area contributed by atoms with Crippen LogP contribution in [0.5, 0.6) is 0 Å². The normalized spacial score (nSPS) is 18.4. The van der Waals surface area contributed by atoms with E-state index in [1.165, 1.54) is 10.6 Å². The Bertz CT molecular complexity index is 900. The molecule has 0 bridgehead atoms. The lowest BCUT2D eigenvalue weighted by Crippen LogP contribution is -2.33. The number of carbonyl (C=O) groups is 1. The second-order valence-electron chi connectivity index (χ2n) is 7.38. The van der Waals surface area contributed by atoms with Crippen molar-refractivity contribution in [1.82, 2.24) is 14.1 Å². The molecule has 0 saturated heterocycles. The van der Waals surface area contributed by atoms with Gasteiger partial charge in [-0.25, -0.2) is 22.9 Å². The first-order valence-electron chi connectivity index (χ1n) is 7.81. The Hall–Kier alpha value is -1.61. The SMILES string of the molecule is CC(C)(C)C1CCc2c(sc3nc(NC(=O)NS(C)(=O)=O)cn23)C1.[HH].[HH]. The van der Waals surface area contributed by atoms with E-state index in [0.29, 0.717) is 17.2 Å². The highest BCUT2D eigenvalue weighted by Crippen LogP contribution is 2.40. The van der Waals surface area contributed by atoms with Crippen molar-refractivity contribution in [2.45, 2.75) is 40.0 Å². The Morgan fingerprint density at radius 1 is 1.46 bits per heavy atom. The number of sulfonamides is 1. The van der Waals surface area contributed by atoms with Gasteiger partial charge in [-0.1, -0.05) is 20.8 Å². The topological polar surface area (TPSA) is 92.6 Å². The van der Waals surface area contributed by atoms with Crippen LogP contribution in [-0.2, 0) is 22.9 Å². The first-order chi connectivity index (χ1) is 11.0. The first kappa shape index (κ1) is 17.2. The molecule has 3 rings (SSSR count). The van der Waals surface area contributed by atoms with E-state index in [4.69, 9.17) is 0 Å². The third kappa shape index (κ3) is 3.56. The van der Waals surface area contributed by atoms with Gasteiger partial charge in [-0.2, -0.15) is 0 Å². The number of imidazole rings is 1. The fraction of sp³-hybridized carbons (Fsp3) is 0.600. The molecule has 2 N–H and O–H groups in total. The van der Waals surface area contributed by atoms with Crippen molar-refractivity contribution < 1.29 is 16.1 Å². The number of carbonyl (C=O) groups excluding carboxylic acids is 1. The van der Waals surface area contributed by atoms with Crippen molar-refractivity contribution in [3.05, 3.63) is 16.8 Å². The van der Waals surface area contributed by atoms with Crippen LogP contribution >= 0.6 is 11.3 Å². The summed E-state index contributed by atoms with van der Waals surface area (Å²) in [4.78, 5) is 18.2. The van der Waals surface area contributed by atoms with Gasteiger partial charge in [0.2, 0.25) is 10.0 Å². The zero-order valence-corrected chi connectivity index (χ0v) is 15.8. The Labute approximate surface area is 148 Å². The highest BCUT2D eigenvalue weighted by atomic mass is 32.2. The molecule has 1 unspecified atom stereocenters. The summed E-state index contributed by atoms with van der Waals surface area (Å²) in [7, 11) is -3.59. The summed E-state index contributed by atoms with van der Waals surface area (Å²) < 4.78 is 26.0. The molecule has 1 aliphatic rings. The summed E-state index contributed by atoms with van der Waals surface area (Å²) in [6, 6.07) is -0.801. The van der Waals surface area contributed by atoms with Gasteiger partial charge in [0.1, 0.15) is 0 Å². The van der Waals surface area contributed by atoms with Crippen molar-refractivity contribution in [2.75, 3.05) is 11.6 Å². The molecule has 0 spiro atoms. The maximum absolute atomic E-state index is 11.6. The molecule has 2 aromatic rings. The van der Waals surface area contributed by atoms with Gasteiger partial charge in [0, 0.05) is 13.4 Å². The molecule has 0 aliphatic heterocycles. The number of thiazole rings is 1. The summed E-state index contributed by atoms with van der Waals surface area (Å²) in [5.41, 5.74) is 1.54. The molecule has 0 radical (unpaired) electrons. The predicted octanol–water partition coefficient (Wildman–Crippen LogP) is 3.12. The van der Waals surface area contributed by atoms with Gasteiger partial charge in [-0.3, -0.25) is 9.72 Å². The molecule has 7 nitrogen and oxygen atoms in total. The lowest BCUT2D eigenvalue weighted by Gasteiger charge is -2.33. The fourth-order valence-electron chi connectivity index (χ4n) is 3.10. The second kappa shape index (κ2) is 5.73. The average molecular weight is 375 g/mol. The fourth-order valence-corrected chi connectivity index (χ4v) is 4.71. The molecule has 1 aliphatic carbocycles. The molecule has 0 fully saturated rings. The molecule has 1 atom stereocenters. The first-order valence-corrected chi connectivity index (χ1v) is 10.5. The number of amides is 2. The molecule has 2 aromatic heterocycles. The van der Waals surface area contributed by atoms with Crippen LogP contribution < -0.4 is 10.0 Å². The molecule has 2 amide bonds. The molecule has 9 heteroatoms. The molecular formula is C15H26N4O3S2. The van der Waals surface area contributed by atoms with Gasteiger partial charge in [0.05, 0.1) is 12.5 Å². The van der Waals surface area contributed by atoms with Crippen molar-refractivity contribution in [1.29, 1.82) is 0 Å². The summed E-state index contributed by atoms with van der Waals surface area (Å²) in [6.07, 6.45) is 5.87. The van der Waals surface area contributed by atoms with Crippen LogP contribution in [0.4, 0.5) is 10.6 Å². The third-order valence-corrected chi connectivity index (χ3v) is 6.08. The number of aryl methyl sites for hydroxylation is 1. The third-order valence-electron chi connectivity index (χ3n) is 4.41. The summed E-state index contributed by atoms with van der Waals surface area (Å²) in [5, 5.41) is 2.46. The number of hydrogen-bond acceptors (Lipinski definition) is 5. The minimum Gasteiger partial charge on any atom is -0.292 e. The zero-order chi connectivity index (χ0) is 17.7. The summed E-state index contributed by atoms with van der Waals surface area (Å²) in [6.45, 7) is 6.84. The lowest BCUT2D eigenvalue weighted by molar-refractivity contribution is 0.216. The Kier molecular flexibility index (Phi) is 4.11. The molecule has 136 valence electrons. The number of anilines is 1. The molecular weight excluding hydrogens is 348 g/mol. The molecule has 24 heavy (non-hydrogen) atoms. The van der Waals surface area contributed by atoms with Gasteiger partial charge in [0.25, 0.3) is 0 Å². The average Bonchev–Trinajstić information content (AvgIpc) is 2.91. The quantitative estimate of drug-likeness (QED) is 0.845. The van der Waals surface area contributed by atoms with E-state index in [2.05, 4.69) is 31.1 Å². The Balaban J connectivity index is 0.00000169. The second-order valence-corrected chi connectivity index (χ2v) is 10.2. The minimum atomic E-state index is -3.59. The number of rotatable bonds is 2. The minimum absolute atomic E-state index is 0. The van der Waals surface area contributed by atoms with Gasteiger partial charge < -0.3 is 0 Å². The van der Waals surface area contributed by atoms with Crippen molar-refractivity contribution >= 4 is 38.2 Å². The van der Waals surface area contributed by atoms with Crippen molar-refractivity contribution in [3.8, 4) is 0 Å². The van der Waals surface area contributed by atoms with Crippen LogP contribution in [0.1, 0.15) is 40.6 Å². The van der Waals surface area contributed by atoms with Gasteiger partial charge in [-0.15, -0.1) is 11.3 Å². The number of nitrogens with one attached hydrogen (secondary N) is 2. The standard InChI is InChI=1S/C15H22N4O3S2.2H2/c1-15(2,3)9-5-6-10-11(7-9)23-14-17-12(8-19(10)14)16-13(20)18-24(4,21)22;;/h8-9H,5-7H2,1-4H3,(H2,16,18,20);2*1H. The molecule has 0 saturated carbocycles. The smallest absolute Gasteiger partial charge is 0.292 e. The van der Waals surface area contributed by atoms with Crippen LogP contribution in [0.3, 0.4) is 0 Å². The van der Waals surface area contributed by atoms with E-state index < -0.39 is 16.1 Å². The lowest BCUT2D eigenvalue weighted by atomic mass is 9.73. The number of fused-ring (bicyclic) bond motifs is 3. The maximum atomic E-state index is 11.6. The number of hydrogen-bond donors (Lipinski definition) is 2. The van der Waals surface area contributed by atoms with E-state index in [0.717, 1.165) is 30.5 Å². The highest BCUT2D eigenvalue weighted by molar-refractivity contribution is 7.89. The largest absolute Gasteiger partial charge is 0.334 e. The van der Waals surface area contributed by atoms with E-state index in [1.54, 1.807) is 17.5 Å². The maximum Gasteiger partial charge on any atom is 0.334 e. The highest BCUT2D eigenvalue weighted by Gasteiger charge is 2.31. The summed E-state index contributed by atoms with van der Waals surface area (Å²) in [5.74, 6) is 1.01. The number of urea groups is 1. The van der Waals surface area contributed by atoms with Crippen LogP contribution in [0.2, 0.25) is 0 Å². The Morgan fingerprint density at radius 2 is 2.17 bits per heavy atom. The summed E-state index contributed by atoms with van der Waals surface area (Å²) >= 11 is 1.64. The Morgan fingerprint density at radius 3 is 2.79 bits per heavy atom. The van der Waals surface area contributed by atoms with Crippen LogP contribution in [-0.4, -0.2) is 30.1 Å². The van der Waals surface area contributed by atoms with Gasteiger partial charge in [-0.05, 0) is 30.6 Å². The van der Waals surface area contributed by atoms with E-state index in [9.17, 15) is 13.2 Å². The van der Waals surface area contributed by atoms with Gasteiger partial charge in [0.15, 0.2) is 10.8 Å². The van der Waals surface area contributed by atoms with Crippen molar-refractivity contribution in [2.24, 2.45) is 11.3 Å². The zero-order valence-electron chi connectivity index (χ0n) is 14.2.